The largest absolute Gasteiger partial charge is 0.303 e. The molecule has 104 valence electrons. The summed E-state index contributed by atoms with van der Waals surface area (Å²) in [5, 5.41) is 0. The Morgan fingerprint density at radius 1 is 0.900 bits per heavy atom. The van der Waals surface area contributed by atoms with Gasteiger partial charge in [-0.1, -0.05) is 42.0 Å². The third-order valence-electron chi connectivity index (χ3n) is 3.27. The maximum absolute atomic E-state index is 2.21. The lowest BCUT2D eigenvalue weighted by Crippen LogP contribution is -2.37. The molecule has 2 aromatic rings. The zero-order valence-electron chi connectivity index (χ0n) is 12.6. The summed E-state index contributed by atoms with van der Waals surface area (Å²) in [6, 6.07) is 12.9. The molecule has 0 fully saturated rings. The van der Waals surface area contributed by atoms with E-state index in [1.165, 1.54) is 16.7 Å². The summed E-state index contributed by atoms with van der Waals surface area (Å²) in [5.41, 5.74) is 3.76. The molecule has 0 saturated heterocycles. The molecule has 1 aromatic carbocycles. The van der Waals surface area contributed by atoms with Crippen molar-refractivity contribution in [2.75, 3.05) is 20.6 Å². The van der Waals surface area contributed by atoms with E-state index in [-0.39, 0.29) is 0 Å². The van der Waals surface area contributed by atoms with Gasteiger partial charge in [0.15, 0.2) is 18.9 Å². The molecule has 1 heterocycles. The summed E-state index contributed by atoms with van der Waals surface area (Å²) in [6.45, 7) is 4.19. The minimum absolute atomic E-state index is 1.02. The van der Waals surface area contributed by atoms with Crippen LogP contribution in [0.3, 0.4) is 0 Å². The van der Waals surface area contributed by atoms with E-state index >= 15 is 0 Å². The van der Waals surface area contributed by atoms with E-state index < -0.39 is 0 Å². The van der Waals surface area contributed by atoms with E-state index in [0.717, 1.165) is 13.1 Å². The van der Waals surface area contributed by atoms with Crippen LogP contribution in [0.5, 0.6) is 0 Å². The van der Waals surface area contributed by atoms with Crippen molar-refractivity contribution >= 4 is 12.2 Å². The molecule has 0 aliphatic heterocycles. The van der Waals surface area contributed by atoms with Crippen molar-refractivity contribution in [1.82, 2.24) is 4.90 Å². The van der Waals surface area contributed by atoms with E-state index in [0.29, 0.717) is 0 Å². The fraction of sp³-hybridized carbons (Fsp3) is 0.278. The third-order valence-corrected chi connectivity index (χ3v) is 3.27. The van der Waals surface area contributed by atoms with E-state index in [9.17, 15) is 0 Å². The number of hydrogen-bond acceptors (Lipinski definition) is 1. The maximum atomic E-state index is 2.21. The van der Waals surface area contributed by atoms with Crippen LogP contribution in [0.4, 0.5) is 0 Å². The van der Waals surface area contributed by atoms with Crippen molar-refractivity contribution in [3.8, 4) is 0 Å². The van der Waals surface area contributed by atoms with Crippen LogP contribution in [-0.4, -0.2) is 25.5 Å². The van der Waals surface area contributed by atoms with Gasteiger partial charge < -0.3 is 4.90 Å². The van der Waals surface area contributed by atoms with Crippen LogP contribution in [0.15, 0.2) is 48.8 Å². The van der Waals surface area contributed by atoms with Gasteiger partial charge >= 0.3 is 0 Å². The first-order valence-electron chi connectivity index (χ1n) is 7.02. The van der Waals surface area contributed by atoms with Crippen LogP contribution >= 0.6 is 0 Å². The zero-order valence-corrected chi connectivity index (χ0v) is 12.6. The average molecular weight is 267 g/mol. The Labute approximate surface area is 122 Å². The first kappa shape index (κ1) is 14.5. The first-order chi connectivity index (χ1) is 9.63. The SMILES string of the molecule is Cc1ccc(C=Cc2cc[n+](CCN(C)C)cc2)cc1. The number of pyridine rings is 1. The molecule has 0 radical (unpaired) electrons. The lowest BCUT2D eigenvalue weighted by molar-refractivity contribution is -0.696. The van der Waals surface area contributed by atoms with Gasteiger partial charge in [-0.05, 0) is 32.1 Å². The van der Waals surface area contributed by atoms with Gasteiger partial charge in [0, 0.05) is 12.1 Å². The van der Waals surface area contributed by atoms with E-state index in [2.05, 4.69) is 91.4 Å². The summed E-state index contributed by atoms with van der Waals surface area (Å²) >= 11 is 0. The summed E-state index contributed by atoms with van der Waals surface area (Å²) in [6.07, 6.45) is 8.58. The van der Waals surface area contributed by atoms with Gasteiger partial charge in [0.05, 0.1) is 6.54 Å². The highest BCUT2D eigenvalue weighted by molar-refractivity contribution is 5.69. The number of aromatic nitrogens is 1. The predicted molar refractivity (Wildman–Crippen MR) is 85.3 cm³/mol. The minimum atomic E-state index is 1.02. The Bertz CT molecular complexity index is 551. The van der Waals surface area contributed by atoms with Crippen molar-refractivity contribution in [2.45, 2.75) is 13.5 Å². The topological polar surface area (TPSA) is 7.12 Å². The Hall–Kier alpha value is -1.93. The van der Waals surface area contributed by atoms with Crippen molar-refractivity contribution in [3.63, 3.8) is 0 Å². The van der Waals surface area contributed by atoms with Gasteiger partial charge in [-0.3, -0.25) is 0 Å². The van der Waals surface area contributed by atoms with Crippen LogP contribution in [0.2, 0.25) is 0 Å². The van der Waals surface area contributed by atoms with Crippen LogP contribution in [0.25, 0.3) is 12.2 Å². The molecule has 0 atom stereocenters. The molecule has 1 aromatic heterocycles. The highest BCUT2D eigenvalue weighted by atomic mass is 15.1. The number of hydrogen-bond donors (Lipinski definition) is 0. The van der Waals surface area contributed by atoms with Crippen molar-refractivity contribution < 1.29 is 4.57 Å². The second kappa shape index (κ2) is 7.01. The van der Waals surface area contributed by atoms with Gasteiger partial charge in [-0.25, -0.2) is 4.57 Å². The smallest absolute Gasteiger partial charge is 0.169 e. The molecular weight excluding hydrogens is 244 g/mol. The molecule has 0 unspecified atom stereocenters. The monoisotopic (exact) mass is 267 g/mol. The van der Waals surface area contributed by atoms with E-state index in [4.69, 9.17) is 0 Å². The normalized spacial score (nSPS) is 11.4. The summed E-state index contributed by atoms with van der Waals surface area (Å²) in [4.78, 5) is 2.19. The van der Waals surface area contributed by atoms with Crippen molar-refractivity contribution in [1.29, 1.82) is 0 Å². The lowest BCUT2D eigenvalue weighted by atomic mass is 10.1. The second-order valence-electron chi connectivity index (χ2n) is 5.42. The quantitative estimate of drug-likeness (QED) is 0.755. The molecule has 0 N–H and O–H groups in total. The van der Waals surface area contributed by atoms with Crippen LogP contribution < -0.4 is 4.57 Å². The van der Waals surface area contributed by atoms with Crippen LogP contribution in [0.1, 0.15) is 16.7 Å². The Morgan fingerprint density at radius 3 is 2.00 bits per heavy atom. The predicted octanol–water partition coefficient (Wildman–Crippen LogP) is 3.01. The van der Waals surface area contributed by atoms with E-state index in [1.807, 2.05) is 0 Å². The molecule has 2 rings (SSSR count). The molecule has 0 bridgehead atoms. The standard InChI is InChI=1S/C18H23N2/c1-16-4-6-17(7-5-16)8-9-18-10-12-20(13-11-18)15-14-19(2)3/h4-13H,14-15H2,1-3H3/q+1. The first-order valence-corrected chi connectivity index (χ1v) is 7.02. The molecule has 0 amide bonds. The van der Waals surface area contributed by atoms with Gasteiger partial charge in [0.1, 0.15) is 0 Å². The lowest BCUT2D eigenvalue weighted by Gasteiger charge is -2.05. The molecule has 0 saturated carbocycles. The summed E-state index contributed by atoms with van der Waals surface area (Å²) in [7, 11) is 4.19. The number of likely N-dealkylation sites (N-methyl/N-ethyl adjacent to an activating group) is 1. The third kappa shape index (κ3) is 4.63. The highest BCUT2D eigenvalue weighted by Gasteiger charge is 2.00. The molecule has 0 aliphatic carbocycles. The summed E-state index contributed by atoms with van der Waals surface area (Å²) < 4.78 is 2.21. The number of benzene rings is 1. The Kier molecular flexibility index (Phi) is 5.08. The fourth-order valence-electron chi connectivity index (χ4n) is 1.91. The molecule has 2 nitrogen and oxygen atoms in total. The molecule has 20 heavy (non-hydrogen) atoms. The molecule has 2 heteroatoms. The maximum Gasteiger partial charge on any atom is 0.169 e. The highest BCUT2D eigenvalue weighted by Crippen LogP contribution is 2.08. The Morgan fingerprint density at radius 2 is 1.45 bits per heavy atom. The number of nitrogens with zero attached hydrogens (tertiary/aromatic N) is 2. The zero-order chi connectivity index (χ0) is 14.4. The van der Waals surface area contributed by atoms with Crippen molar-refractivity contribution in [3.05, 3.63) is 65.5 Å². The van der Waals surface area contributed by atoms with Gasteiger partial charge in [0.2, 0.25) is 0 Å². The van der Waals surface area contributed by atoms with Crippen molar-refractivity contribution in [2.24, 2.45) is 0 Å². The fourth-order valence-corrected chi connectivity index (χ4v) is 1.91. The molecule has 0 spiro atoms. The summed E-state index contributed by atoms with van der Waals surface area (Å²) in [5.74, 6) is 0. The van der Waals surface area contributed by atoms with E-state index in [1.54, 1.807) is 0 Å². The number of rotatable bonds is 5. The average Bonchev–Trinajstić information content (AvgIpc) is 2.45. The van der Waals surface area contributed by atoms with Gasteiger partial charge in [-0.15, -0.1) is 0 Å². The van der Waals surface area contributed by atoms with Crippen LogP contribution in [-0.2, 0) is 6.54 Å². The Balaban J connectivity index is 1.98. The number of aryl methyl sites for hydroxylation is 1. The molecule has 0 aliphatic rings. The van der Waals surface area contributed by atoms with Gasteiger partial charge in [0.25, 0.3) is 0 Å². The minimum Gasteiger partial charge on any atom is -0.303 e. The molecular formula is C18H23N2+. The van der Waals surface area contributed by atoms with Gasteiger partial charge in [-0.2, -0.15) is 0 Å². The second-order valence-corrected chi connectivity index (χ2v) is 5.42. The van der Waals surface area contributed by atoms with Crippen LogP contribution in [0, 0.1) is 6.92 Å².